The second-order valence-corrected chi connectivity index (χ2v) is 18.8. The van der Waals surface area contributed by atoms with Gasteiger partial charge in [-0.05, 0) is 103 Å². The van der Waals surface area contributed by atoms with E-state index in [0.29, 0.717) is 5.46 Å². The standard InChI is InChI=1S/C16H21BO2.C13H19BO2.C12H17BO2.C6H7BO2/c1-2-8-14(9-3-1)17-18-15(10-4-5-11-15)16(19-17)12-6-7-13-16;1-12(2)10-13(3,4)16-14(15-12)11-8-6-5-7-9-11;1-11(2)12(3,4)15-13(14-11)10-8-6-5-7-9-10;8-7(9)6-4-2-1-3-5-6/h1-3,8-9H,4-7,10-13H2;5-9H,10H2,1-4H3;5-9H,1-4H3;1-5,8-9H. The van der Waals surface area contributed by atoms with Crippen LogP contribution >= 0.6 is 0 Å². The summed E-state index contributed by atoms with van der Waals surface area (Å²) in [5.41, 5.74) is 3.12. The van der Waals surface area contributed by atoms with Crippen molar-refractivity contribution in [2.45, 2.75) is 147 Å². The van der Waals surface area contributed by atoms with E-state index in [9.17, 15) is 0 Å². The Morgan fingerprint density at radius 2 is 0.695 bits per heavy atom. The first-order valence-corrected chi connectivity index (χ1v) is 21.6. The van der Waals surface area contributed by atoms with Gasteiger partial charge in [-0.1, -0.05) is 147 Å². The molecule has 2 spiro atoms. The van der Waals surface area contributed by atoms with Gasteiger partial charge < -0.3 is 38.0 Å². The molecule has 4 aromatic rings. The third-order valence-electron chi connectivity index (χ3n) is 12.6. The van der Waals surface area contributed by atoms with E-state index in [2.05, 4.69) is 85.7 Å². The maximum atomic E-state index is 8.58. The topological polar surface area (TPSA) is 95.8 Å². The van der Waals surface area contributed by atoms with Gasteiger partial charge in [0.15, 0.2) is 0 Å². The average Bonchev–Trinajstić information content (AvgIpc) is 4.00. The second kappa shape index (κ2) is 18.8. The van der Waals surface area contributed by atoms with Gasteiger partial charge in [-0.15, -0.1) is 0 Å². The first-order valence-electron chi connectivity index (χ1n) is 21.6. The summed E-state index contributed by atoms with van der Waals surface area (Å²) in [5, 5.41) is 17.2. The van der Waals surface area contributed by atoms with Gasteiger partial charge in [0.05, 0.1) is 33.6 Å². The summed E-state index contributed by atoms with van der Waals surface area (Å²) in [5.74, 6) is 0. The van der Waals surface area contributed by atoms with Crippen LogP contribution in [0.3, 0.4) is 0 Å². The van der Waals surface area contributed by atoms with Crippen molar-refractivity contribution in [2.75, 3.05) is 0 Å². The van der Waals surface area contributed by atoms with Gasteiger partial charge in [-0.25, -0.2) is 0 Å². The molecule has 4 aromatic carbocycles. The molecular formula is C47H64B4O8. The zero-order valence-corrected chi connectivity index (χ0v) is 36.6. The van der Waals surface area contributed by atoms with E-state index in [1.807, 2.05) is 66.7 Å². The summed E-state index contributed by atoms with van der Waals surface area (Å²) in [6.07, 6.45) is 10.9. The van der Waals surface area contributed by atoms with Crippen molar-refractivity contribution < 1.29 is 38.0 Å². The molecule has 8 nitrogen and oxygen atoms in total. The van der Waals surface area contributed by atoms with Crippen molar-refractivity contribution in [2.24, 2.45) is 0 Å². The van der Waals surface area contributed by atoms with Crippen LogP contribution in [0.15, 0.2) is 121 Å². The van der Waals surface area contributed by atoms with Crippen LogP contribution < -0.4 is 21.9 Å². The Morgan fingerprint density at radius 1 is 0.407 bits per heavy atom. The molecule has 59 heavy (non-hydrogen) atoms. The van der Waals surface area contributed by atoms with Gasteiger partial charge in [0.2, 0.25) is 0 Å². The molecule has 2 aliphatic carbocycles. The van der Waals surface area contributed by atoms with Crippen molar-refractivity contribution in [1.29, 1.82) is 0 Å². The summed E-state index contributed by atoms with van der Waals surface area (Å²) in [4.78, 5) is 0. The van der Waals surface area contributed by atoms with Crippen molar-refractivity contribution in [3.63, 3.8) is 0 Å². The van der Waals surface area contributed by atoms with Crippen LogP contribution in [0.5, 0.6) is 0 Å². The molecule has 0 aromatic heterocycles. The molecule has 3 aliphatic heterocycles. The maximum Gasteiger partial charge on any atom is 0.494 e. The minimum Gasteiger partial charge on any atom is -0.423 e. The summed E-state index contributed by atoms with van der Waals surface area (Å²) < 4.78 is 36.8. The van der Waals surface area contributed by atoms with Gasteiger partial charge in [0.25, 0.3) is 0 Å². The Bertz CT molecular complexity index is 1810. The minimum atomic E-state index is -1.34. The molecule has 2 saturated carbocycles. The Balaban J connectivity index is 0.000000136. The molecular weight excluding hydrogens is 736 g/mol. The molecule has 3 saturated heterocycles. The van der Waals surface area contributed by atoms with Crippen molar-refractivity contribution >= 4 is 50.3 Å². The number of rotatable bonds is 4. The van der Waals surface area contributed by atoms with Crippen molar-refractivity contribution in [3.8, 4) is 0 Å². The molecule has 2 N–H and O–H groups in total. The predicted molar refractivity (Wildman–Crippen MR) is 242 cm³/mol. The zero-order valence-electron chi connectivity index (χ0n) is 36.6. The SMILES string of the molecule is CC1(C)CC(C)(C)OB(c2ccccc2)O1.CC1(C)OB(c2ccccc2)OC1(C)C.OB(O)c1ccccc1.c1ccc(B2OC3(CCCC3)C3(CCCC3)O2)cc1. The fourth-order valence-electron chi connectivity index (χ4n) is 9.11. The van der Waals surface area contributed by atoms with Crippen LogP contribution in [-0.4, -0.2) is 72.1 Å². The van der Waals surface area contributed by atoms with Gasteiger partial charge in [-0.3, -0.25) is 0 Å². The third-order valence-corrected chi connectivity index (χ3v) is 12.6. The Morgan fingerprint density at radius 3 is 1.00 bits per heavy atom. The highest BCUT2D eigenvalue weighted by Crippen LogP contribution is 2.55. The van der Waals surface area contributed by atoms with Gasteiger partial charge in [-0.2, -0.15) is 0 Å². The third kappa shape index (κ3) is 11.2. The first kappa shape index (κ1) is 45.3. The van der Waals surface area contributed by atoms with Gasteiger partial charge >= 0.3 is 28.5 Å². The van der Waals surface area contributed by atoms with Crippen LogP contribution in [0, 0.1) is 0 Å². The molecule has 0 atom stereocenters. The fourth-order valence-corrected chi connectivity index (χ4v) is 9.11. The zero-order chi connectivity index (χ0) is 42.4. The normalized spacial score (nSPS) is 22.4. The first-order chi connectivity index (χ1) is 27.9. The van der Waals surface area contributed by atoms with Crippen LogP contribution in [-0.2, 0) is 27.9 Å². The highest BCUT2D eigenvalue weighted by atomic mass is 16.7. The molecule has 312 valence electrons. The molecule has 0 radical (unpaired) electrons. The van der Waals surface area contributed by atoms with Crippen LogP contribution in [0.4, 0.5) is 0 Å². The van der Waals surface area contributed by atoms with Crippen LogP contribution in [0.1, 0.15) is 113 Å². The quantitative estimate of drug-likeness (QED) is 0.218. The number of fused-ring (bicyclic) bond motifs is 1. The van der Waals surface area contributed by atoms with E-state index in [-0.39, 0.29) is 55.0 Å². The van der Waals surface area contributed by atoms with Crippen molar-refractivity contribution in [1.82, 2.24) is 0 Å². The molecule has 0 unspecified atom stereocenters. The predicted octanol–water partition coefficient (Wildman–Crippen LogP) is 6.78. The van der Waals surface area contributed by atoms with E-state index in [1.165, 1.54) is 56.8 Å². The van der Waals surface area contributed by atoms with Gasteiger partial charge in [0.1, 0.15) is 0 Å². The maximum absolute atomic E-state index is 8.58. The van der Waals surface area contributed by atoms with Crippen LogP contribution in [0.25, 0.3) is 0 Å². The van der Waals surface area contributed by atoms with Crippen LogP contribution in [0.2, 0.25) is 0 Å². The second-order valence-electron chi connectivity index (χ2n) is 18.8. The molecule has 5 fully saturated rings. The van der Waals surface area contributed by atoms with E-state index < -0.39 is 7.12 Å². The number of hydrogen-bond donors (Lipinski definition) is 2. The molecule has 3 heterocycles. The molecule has 9 rings (SSSR count). The smallest absolute Gasteiger partial charge is 0.423 e. The lowest BCUT2D eigenvalue weighted by molar-refractivity contribution is -0.0716. The summed E-state index contributed by atoms with van der Waals surface area (Å²) in [7, 11) is -1.97. The van der Waals surface area contributed by atoms with Crippen molar-refractivity contribution in [3.05, 3.63) is 121 Å². The minimum absolute atomic E-state index is 0.0179. The Hall–Kier alpha value is -3.18. The van der Waals surface area contributed by atoms with E-state index in [1.54, 1.807) is 24.3 Å². The lowest BCUT2D eigenvalue weighted by Crippen LogP contribution is -2.56. The number of benzene rings is 4. The fraction of sp³-hybridized carbons (Fsp3) is 0.489. The molecule has 0 amide bonds. The highest BCUT2D eigenvalue weighted by molar-refractivity contribution is 6.63. The van der Waals surface area contributed by atoms with E-state index in [0.717, 1.165) is 17.3 Å². The lowest BCUT2D eigenvalue weighted by atomic mass is 9.73. The summed E-state index contributed by atoms with van der Waals surface area (Å²) >= 11 is 0. The number of hydrogen-bond acceptors (Lipinski definition) is 8. The Kier molecular flexibility index (Phi) is 14.5. The summed E-state index contributed by atoms with van der Waals surface area (Å²) in [6, 6.07) is 39.3. The van der Waals surface area contributed by atoms with E-state index >= 15 is 0 Å². The monoisotopic (exact) mass is 800 g/mol. The lowest BCUT2D eigenvalue weighted by Gasteiger charge is -2.44. The van der Waals surface area contributed by atoms with E-state index in [4.69, 9.17) is 38.0 Å². The summed E-state index contributed by atoms with van der Waals surface area (Å²) in [6.45, 7) is 16.7. The molecule has 12 heteroatoms. The highest BCUT2D eigenvalue weighted by Gasteiger charge is 2.63. The Labute approximate surface area is 355 Å². The van der Waals surface area contributed by atoms with Gasteiger partial charge in [0, 0.05) is 6.42 Å². The average molecular weight is 800 g/mol. The largest absolute Gasteiger partial charge is 0.494 e. The molecule has 0 bridgehead atoms. The molecule has 5 aliphatic rings.